The van der Waals surface area contributed by atoms with E-state index in [1.165, 1.54) is 0 Å². The average molecular weight is 606 g/mol. The molecule has 1 atom stereocenters. The number of aliphatic hydroxyl groups is 1. The smallest absolute Gasteiger partial charge is 0.310 e. The topological polar surface area (TPSA) is 77.0 Å². The zero-order chi connectivity index (χ0) is 31.7. The summed E-state index contributed by atoms with van der Waals surface area (Å²) >= 11 is 0. The highest BCUT2D eigenvalue weighted by Gasteiger charge is 2.40. The first-order valence-corrected chi connectivity index (χ1v) is 18.2. The van der Waals surface area contributed by atoms with E-state index in [0.29, 0.717) is 25.5 Å². The number of ether oxygens (including phenoxy) is 2. The second-order valence-corrected chi connectivity index (χ2v) is 18.2. The Hall–Kier alpha value is -2.97. The van der Waals surface area contributed by atoms with Gasteiger partial charge in [0.2, 0.25) is 0 Å². The Morgan fingerprint density at radius 1 is 0.907 bits per heavy atom. The summed E-state index contributed by atoms with van der Waals surface area (Å²) in [7, 11) is -2.13. The minimum atomic E-state index is -2.13. The highest BCUT2D eigenvalue weighted by molar-refractivity contribution is 6.74. The van der Waals surface area contributed by atoms with Crippen LogP contribution in [-0.4, -0.2) is 38.1 Å². The Kier molecular flexibility index (Phi) is 12.2. The largest absolute Gasteiger partial charge is 0.489 e. The molecule has 0 saturated carbocycles. The van der Waals surface area contributed by atoms with Crippen LogP contribution in [0.15, 0.2) is 72.8 Å². The maximum absolute atomic E-state index is 12.0. The number of nitrogens with one attached hydrogen (secondary N) is 1. The van der Waals surface area contributed by atoms with Crippen LogP contribution in [0.3, 0.4) is 0 Å². The quantitative estimate of drug-likeness (QED) is 0.138. The van der Waals surface area contributed by atoms with Gasteiger partial charge in [-0.15, -0.1) is 0 Å². The first-order valence-electron chi connectivity index (χ1n) is 15.3. The zero-order valence-corrected chi connectivity index (χ0v) is 28.3. The molecule has 0 aliphatic rings. The summed E-state index contributed by atoms with van der Waals surface area (Å²) < 4.78 is 18.2. The average Bonchev–Trinajstić information content (AvgIpc) is 2.94. The minimum Gasteiger partial charge on any atom is -0.489 e. The molecule has 3 rings (SSSR count). The standard InChI is InChI=1S/C36H51NO5Si/c1-9-40-34(39)21-28-16-13-17-29(20-28)23-36(5,6)37-24-33(42-43(7,8)35(2,3)4)30-18-19-32(31(22-30)25-38)41-26-27-14-11-10-12-15-27/h10-20,22,33,37-38H,9,21,23-26H2,1-8H3/t33-/m0/s1. The molecular formula is C36H51NO5Si. The minimum absolute atomic E-state index is 0.0404. The summed E-state index contributed by atoms with van der Waals surface area (Å²) in [5.41, 5.74) is 4.71. The summed E-state index contributed by atoms with van der Waals surface area (Å²) in [5, 5.41) is 14.1. The molecule has 0 amide bonds. The first kappa shape index (κ1) is 34.5. The molecular weight excluding hydrogens is 554 g/mol. The van der Waals surface area contributed by atoms with E-state index in [2.05, 4.69) is 71.2 Å². The Morgan fingerprint density at radius 3 is 2.23 bits per heavy atom. The van der Waals surface area contributed by atoms with Crippen LogP contribution in [0.25, 0.3) is 0 Å². The van der Waals surface area contributed by atoms with Crippen LogP contribution in [0.2, 0.25) is 18.1 Å². The van der Waals surface area contributed by atoms with E-state index < -0.39 is 8.32 Å². The molecule has 0 fully saturated rings. The lowest BCUT2D eigenvalue weighted by Crippen LogP contribution is -2.47. The SMILES string of the molecule is CCOC(=O)Cc1cccc(CC(C)(C)NC[C@H](O[Si](C)(C)C(C)(C)C)c2ccc(OCc3ccccc3)c(CO)c2)c1. The monoisotopic (exact) mass is 605 g/mol. The predicted molar refractivity (Wildman–Crippen MR) is 177 cm³/mol. The van der Waals surface area contributed by atoms with E-state index in [9.17, 15) is 9.90 Å². The molecule has 0 aromatic heterocycles. The van der Waals surface area contributed by atoms with Crippen molar-refractivity contribution < 1.29 is 23.8 Å². The lowest BCUT2D eigenvalue weighted by molar-refractivity contribution is -0.142. The van der Waals surface area contributed by atoms with Gasteiger partial charge in [-0.2, -0.15) is 0 Å². The van der Waals surface area contributed by atoms with Gasteiger partial charge in [-0.05, 0) is 79.7 Å². The van der Waals surface area contributed by atoms with Crippen molar-refractivity contribution in [1.29, 1.82) is 0 Å². The number of rotatable bonds is 15. The number of benzene rings is 3. The molecule has 43 heavy (non-hydrogen) atoms. The lowest BCUT2D eigenvalue weighted by atomic mass is 9.93. The third-order valence-electron chi connectivity index (χ3n) is 8.16. The second kappa shape index (κ2) is 15.2. The first-order chi connectivity index (χ1) is 20.2. The third-order valence-corrected chi connectivity index (χ3v) is 12.7. The van der Waals surface area contributed by atoms with Crippen molar-refractivity contribution >= 4 is 14.3 Å². The highest BCUT2D eigenvalue weighted by atomic mass is 28.4. The molecule has 0 heterocycles. The van der Waals surface area contributed by atoms with Crippen LogP contribution in [0.5, 0.6) is 5.75 Å². The number of hydrogen-bond donors (Lipinski definition) is 2. The molecule has 3 aromatic rings. The van der Waals surface area contributed by atoms with Crippen molar-refractivity contribution in [2.24, 2.45) is 0 Å². The lowest BCUT2D eigenvalue weighted by Gasteiger charge is -2.40. The van der Waals surface area contributed by atoms with E-state index >= 15 is 0 Å². The molecule has 0 aliphatic heterocycles. The summed E-state index contributed by atoms with van der Waals surface area (Å²) in [6.45, 7) is 18.8. The fourth-order valence-electron chi connectivity index (χ4n) is 4.73. The summed E-state index contributed by atoms with van der Waals surface area (Å²) in [4.78, 5) is 12.0. The number of esters is 1. The third kappa shape index (κ3) is 10.6. The van der Waals surface area contributed by atoms with Gasteiger partial charge in [0.1, 0.15) is 12.4 Å². The maximum atomic E-state index is 12.0. The number of aliphatic hydroxyl groups excluding tert-OH is 1. The van der Waals surface area contributed by atoms with Crippen molar-refractivity contribution in [1.82, 2.24) is 5.32 Å². The Morgan fingerprint density at radius 2 is 1.58 bits per heavy atom. The molecule has 0 spiro atoms. The Balaban J connectivity index is 1.79. The predicted octanol–water partition coefficient (Wildman–Crippen LogP) is 7.54. The van der Waals surface area contributed by atoms with E-state index in [1.54, 1.807) is 0 Å². The van der Waals surface area contributed by atoms with Crippen molar-refractivity contribution in [3.8, 4) is 5.75 Å². The van der Waals surface area contributed by atoms with Crippen LogP contribution in [0.4, 0.5) is 0 Å². The molecule has 0 aliphatic carbocycles. The number of carbonyl (C=O) groups excluding carboxylic acids is 1. The fraction of sp³-hybridized carbons (Fsp3) is 0.472. The van der Waals surface area contributed by atoms with Gasteiger partial charge in [-0.25, -0.2) is 0 Å². The fourth-order valence-corrected chi connectivity index (χ4v) is 6.01. The van der Waals surface area contributed by atoms with Gasteiger partial charge in [-0.3, -0.25) is 4.79 Å². The molecule has 234 valence electrons. The van der Waals surface area contributed by atoms with E-state index in [0.717, 1.165) is 34.2 Å². The van der Waals surface area contributed by atoms with Crippen molar-refractivity contribution in [2.75, 3.05) is 13.2 Å². The molecule has 0 unspecified atom stereocenters. The van der Waals surface area contributed by atoms with Gasteiger partial charge in [0, 0.05) is 17.6 Å². The Bertz CT molecular complexity index is 1320. The van der Waals surface area contributed by atoms with E-state index in [-0.39, 0.29) is 35.7 Å². The van der Waals surface area contributed by atoms with Gasteiger partial charge in [0.25, 0.3) is 0 Å². The van der Waals surface area contributed by atoms with Gasteiger partial charge >= 0.3 is 5.97 Å². The molecule has 6 nitrogen and oxygen atoms in total. The second-order valence-electron chi connectivity index (χ2n) is 13.4. The van der Waals surface area contributed by atoms with Crippen LogP contribution in [0.1, 0.15) is 75.5 Å². The van der Waals surface area contributed by atoms with Crippen LogP contribution in [-0.2, 0) is 40.0 Å². The van der Waals surface area contributed by atoms with Crippen molar-refractivity contribution in [3.05, 3.63) is 101 Å². The van der Waals surface area contributed by atoms with Crippen molar-refractivity contribution in [2.45, 2.75) is 97.4 Å². The molecule has 2 N–H and O–H groups in total. The molecule has 7 heteroatoms. The summed E-state index contributed by atoms with van der Waals surface area (Å²) in [5.74, 6) is 0.471. The molecule has 0 bridgehead atoms. The summed E-state index contributed by atoms with van der Waals surface area (Å²) in [6.07, 6.45) is 0.852. The van der Waals surface area contributed by atoms with Gasteiger partial charge in [0.15, 0.2) is 8.32 Å². The van der Waals surface area contributed by atoms with Gasteiger partial charge < -0.3 is 24.3 Å². The molecule has 0 radical (unpaired) electrons. The van der Waals surface area contributed by atoms with Crippen LogP contribution >= 0.6 is 0 Å². The van der Waals surface area contributed by atoms with E-state index in [1.807, 2.05) is 61.5 Å². The van der Waals surface area contributed by atoms with Crippen LogP contribution < -0.4 is 10.1 Å². The van der Waals surface area contributed by atoms with Gasteiger partial charge in [-0.1, -0.05) is 81.4 Å². The number of hydrogen-bond acceptors (Lipinski definition) is 6. The maximum Gasteiger partial charge on any atom is 0.310 e. The highest BCUT2D eigenvalue weighted by Crippen LogP contribution is 2.40. The molecule has 3 aromatic carbocycles. The van der Waals surface area contributed by atoms with Crippen LogP contribution in [0, 0.1) is 0 Å². The number of carbonyl (C=O) groups is 1. The normalized spacial score (nSPS) is 13.0. The zero-order valence-electron chi connectivity index (χ0n) is 27.3. The summed E-state index contributed by atoms with van der Waals surface area (Å²) in [6, 6.07) is 24.2. The molecule has 0 saturated heterocycles. The van der Waals surface area contributed by atoms with Crippen molar-refractivity contribution in [3.63, 3.8) is 0 Å². The van der Waals surface area contributed by atoms with Gasteiger partial charge in [0.05, 0.1) is 25.7 Å². The Labute approximate surface area is 259 Å². The van der Waals surface area contributed by atoms with E-state index in [4.69, 9.17) is 13.9 Å².